The Morgan fingerprint density at radius 1 is 1.14 bits per heavy atom. The summed E-state index contributed by atoms with van der Waals surface area (Å²) in [5.74, 6) is 0.669. The first-order valence-corrected chi connectivity index (χ1v) is 6.79. The molecule has 2 aliphatic rings. The van der Waals surface area contributed by atoms with Gasteiger partial charge in [0.15, 0.2) is 0 Å². The lowest BCUT2D eigenvalue weighted by atomic mass is 10.0. The average molecular weight is 218 g/mol. The zero-order chi connectivity index (χ0) is 10.2. The van der Waals surface area contributed by atoms with Crippen molar-refractivity contribution in [2.45, 2.75) is 38.6 Å². The first-order chi connectivity index (χ1) is 6.58. The van der Waals surface area contributed by atoms with Gasteiger partial charge in [0, 0.05) is 19.1 Å². The van der Waals surface area contributed by atoms with Crippen molar-refractivity contribution in [2.75, 3.05) is 13.1 Å². The van der Waals surface area contributed by atoms with Gasteiger partial charge in [0.2, 0.25) is 0 Å². The molecule has 0 amide bonds. The third-order valence-corrected chi connectivity index (χ3v) is 4.65. The molecule has 0 aromatic heterocycles. The van der Waals surface area contributed by atoms with Gasteiger partial charge in [-0.25, -0.2) is 0 Å². The molecule has 2 rings (SSSR count). The van der Waals surface area contributed by atoms with Gasteiger partial charge in [-0.2, -0.15) is 17.4 Å². The van der Waals surface area contributed by atoms with E-state index in [0.29, 0.717) is 19.0 Å². The molecule has 1 saturated carbocycles. The lowest BCUT2D eigenvalue weighted by Crippen LogP contribution is -2.45. The van der Waals surface area contributed by atoms with Gasteiger partial charge in [-0.1, -0.05) is 6.92 Å². The summed E-state index contributed by atoms with van der Waals surface area (Å²) >= 11 is 0. The molecule has 1 N–H and O–H groups in total. The molecule has 1 aliphatic heterocycles. The first kappa shape index (κ1) is 10.4. The van der Waals surface area contributed by atoms with E-state index < -0.39 is 10.2 Å². The maximum atomic E-state index is 11.8. The van der Waals surface area contributed by atoms with Crippen molar-refractivity contribution in [1.82, 2.24) is 9.03 Å². The van der Waals surface area contributed by atoms with Gasteiger partial charge in [-0.3, -0.25) is 0 Å². The minimum Gasteiger partial charge on any atom is -0.199 e. The van der Waals surface area contributed by atoms with Crippen LogP contribution in [0.15, 0.2) is 0 Å². The van der Waals surface area contributed by atoms with Gasteiger partial charge < -0.3 is 0 Å². The maximum Gasteiger partial charge on any atom is 0.279 e. The molecule has 0 aromatic carbocycles. The largest absolute Gasteiger partial charge is 0.279 e. The van der Waals surface area contributed by atoms with E-state index in [1.807, 2.05) is 0 Å². The normalized spacial score (nSPS) is 26.6. The summed E-state index contributed by atoms with van der Waals surface area (Å²) in [5, 5.41) is 0. The monoisotopic (exact) mass is 218 g/mol. The third kappa shape index (κ3) is 2.46. The van der Waals surface area contributed by atoms with E-state index in [1.165, 1.54) is 0 Å². The van der Waals surface area contributed by atoms with Crippen molar-refractivity contribution in [3.05, 3.63) is 0 Å². The summed E-state index contributed by atoms with van der Waals surface area (Å²) in [6, 6.07) is 0.222. The third-order valence-electron chi connectivity index (χ3n) is 2.98. The van der Waals surface area contributed by atoms with Crippen LogP contribution < -0.4 is 4.72 Å². The van der Waals surface area contributed by atoms with Gasteiger partial charge in [0.05, 0.1) is 0 Å². The Hall–Kier alpha value is -0.130. The van der Waals surface area contributed by atoms with Crippen LogP contribution in [0.1, 0.15) is 32.6 Å². The van der Waals surface area contributed by atoms with Crippen molar-refractivity contribution in [2.24, 2.45) is 5.92 Å². The standard InChI is InChI=1S/C9H18N2O2S/c1-8-4-6-11(7-5-8)14(12,13)10-9-2-3-9/h8-10H,2-7H2,1H3. The molecule has 1 aliphatic carbocycles. The number of hydrogen-bond acceptors (Lipinski definition) is 2. The van der Waals surface area contributed by atoms with Crippen LogP contribution in [0, 0.1) is 5.92 Å². The molecule has 0 aromatic rings. The number of piperidine rings is 1. The molecule has 82 valence electrons. The van der Waals surface area contributed by atoms with Crippen LogP contribution in [0.5, 0.6) is 0 Å². The minimum absolute atomic E-state index is 0.222. The molecule has 0 radical (unpaired) electrons. The molecule has 0 atom stereocenters. The number of hydrogen-bond donors (Lipinski definition) is 1. The average Bonchev–Trinajstić information content (AvgIpc) is 2.88. The fourth-order valence-corrected chi connectivity index (χ4v) is 3.21. The second-order valence-corrected chi connectivity index (χ2v) is 6.18. The topological polar surface area (TPSA) is 49.4 Å². The van der Waals surface area contributed by atoms with Crippen molar-refractivity contribution in [1.29, 1.82) is 0 Å². The Kier molecular flexibility index (Phi) is 2.81. The van der Waals surface area contributed by atoms with Crippen LogP contribution in [0.4, 0.5) is 0 Å². The Morgan fingerprint density at radius 3 is 2.21 bits per heavy atom. The molecule has 0 spiro atoms. The smallest absolute Gasteiger partial charge is 0.199 e. The fraction of sp³-hybridized carbons (Fsp3) is 1.00. The van der Waals surface area contributed by atoms with Crippen LogP contribution in [0.3, 0.4) is 0 Å². The Balaban J connectivity index is 1.92. The number of rotatable bonds is 3. The molecular formula is C9H18N2O2S. The second-order valence-electron chi connectivity index (χ2n) is 4.48. The van der Waals surface area contributed by atoms with Crippen molar-refractivity contribution in [3.63, 3.8) is 0 Å². The fourth-order valence-electron chi connectivity index (χ4n) is 1.71. The molecule has 14 heavy (non-hydrogen) atoms. The predicted octanol–water partition coefficient (Wildman–Crippen LogP) is 0.715. The molecule has 0 unspecified atom stereocenters. The zero-order valence-corrected chi connectivity index (χ0v) is 9.39. The number of nitrogens with zero attached hydrogens (tertiary/aromatic N) is 1. The highest BCUT2D eigenvalue weighted by atomic mass is 32.2. The molecule has 0 bridgehead atoms. The first-order valence-electron chi connectivity index (χ1n) is 5.35. The molecule has 2 fully saturated rings. The van der Waals surface area contributed by atoms with E-state index >= 15 is 0 Å². The highest BCUT2D eigenvalue weighted by molar-refractivity contribution is 7.87. The highest BCUT2D eigenvalue weighted by Gasteiger charge is 2.32. The van der Waals surface area contributed by atoms with Crippen molar-refractivity contribution in [3.8, 4) is 0 Å². The number of nitrogens with one attached hydrogen (secondary N) is 1. The zero-order valence-electron chi connectivity index (χ0n) is 8.57. The van der Waals surface area contributed by atoms with E-state index in [2.05, 4.69) is 11.6 Å². The van der Waals surface area contributed by atoms with Gasteiger partial charge in [-0.05, 0) is 31.6 Å². The summed E-state index contributed by atoms with van der Waals surface area (Å²) in [7, 11) is -3.16. The predicted molar refractivity (Wildman–Crippen MR) is 55.0 cm³/mol. The van der Waals surface area contributed by atoms with Gasteiger partial charge in [0.25, 0.3) is 10.2 Å². The summed E-state index contributed by atoms with van der Waals surface area (Å²) < 4.78 is 27.8. The Morgan fingerprint density at radius 2 is 1.71 bits per heavy atom. The van der Waals surface area contributed by atoms with Crippen molar-refractivity contribution >= 4 is 10.2 Å². The quantitative estimate of drug-likeness (QED) is 0.758. The van der Waals surface area contributed by atoms with Crippen LogP contribution in [-0.2, 0) is 10.2 Å². The molecule has 4 nitrogen and oxygen atoms in total. The van der Waals surface area contributed by atoms with Crippen LogP contribution in [0.2, 0.25) is 0 Å². The van der Waals surface area contributed by atoms with E-state index in [-0.39, 0.29) is 6.04 Å². The van der Waals surface area contributed by atoms with Gasteiger partial charge in [0.1, 0.15) is 0 Å². The molecule has 1 heterocycles. The molecular weight excluding hydrogens is 200 g/mol. The Bertz CT molecular complexity index is 290. The summed E-state index contributed by atoms with van der Waals surface area (Å²) in [6.45, 7) is 3.55. The van der Waals surface area contributed by atoms with Crippen LogP contribution in [-0.4, -0.2) is 31.9 Å². The van der Waals surface area contributed by atoms with Crippen molar-refractivity contribution < 1.29 is 8.42 Å². The maximum absolute atomic E-state index is 11.8. The van der Waals surface area contributed by atoms with E-state index in [4.69, 9.17) is 0 Å². The van der Waals surface area contributed by atoms with Crippen LogP contribution >= 0.6 is 0 Å². The highest BCUT2D eigenvalue weighted by Crippen LogP contribution is 2.23. The van der Waals surface area contributed by atoms with E-state index in [9.17, 15) is 8.42 Å². The SMILES string of the molecule is CC1CCN(S(=O)(=O)NC2CC2)CC1. The lowest BCUT2D eigenvalue weighted by molar-refractivity contribution is 0.285. The second kappa shape index (κ2) is 3.79. The minimum atomic E-state index is -3.16. The summed E-state index contributed by atoms with van der Waals surface area (Å²) in [4.78, 5) is 0. The summed E-state index contributed by atoms with van der Waals surface area (Å²) in [5.41, 5.74) is 0. The van der Waals surface area contributed by atoms with E-state index in [1.54, 1.807) is 4.31 Å². The van der Waals surface area contributed by atoms with Gasteiger partial charge in [-0.15, -0.1) is 0 Å². The lowest BCUT2D eigenvalue weighted by Gasteiger charge is -2.29. The Labute approximate surface area is 85.9 Å². The van der Waals surface area contributed by atoms with Gasteiger partial charge >= 0.3 is 0 Å². The molecule has 5 heteroatoms. The van der Waals surface area contributed by atoms with E-state index in [0.717, 1.165) is 25.7 Å². The summed E-state index contributed by atoms with van der Waals surface area (Å²) in [6.07, 6.45) is 3.99. The van der Waals surface area contributed by atoms with Crippen LogP contribution in [0.25, 0.3) is 0 Å². The molecule has 1 saturated heterocycles.